The summed E-state index contributed by atoms with van der Waals surface area (Å²) in [6.45, 7) is 2.27. The topological polar surface area (TPSA) is 9.23 Å². The van der Waals surface area contributed by atoms with Crippen molar-refractivity contribution in [3.05, 3.63) is 65.0 Å². The number of benzene rings is 2. The van der Waals surface area contributed by atoms with Crippen molar-refractivity contribution < 1.29 is 17.9 Å². The molecule has 140 valence electrons. The van der Waals surface area contributed by atoms with Crippen LogP contribution in [-0.4, -0.2) is 0 Å². The van der Waals surface area contributed by atoms with Crippen LogP contribution in [0.15, 0.2) is 36.4 Å². The third-order valence-corrected chi connectivity index (χ3v) is 5.34. The molecule has 1 saturated carbocycles. The van der Waals surface area contributed by atoms with Gasteiger partial charge in [0.2, 0.25) is 5.82 Å². The maximum atomic E-state index is 14.1. The fraction of sp³-hybridized carbons (Fsp3) is 0.455. The quantitative estimate of drug-likeness (QED) is 0.552. The molecule has 0 spiro atoms. The van der Waals surface area contributed by atoms with Gasteiger partial charge in [-0.3, -0.25) is 0 Å². The fourth-order valence-corrected chi connectivity index (χ4v) is 3.86. The summed E-state index contributed by atoms with van der Waals surface area (Å²) in [6.07, 6.45) is 6.74. The van der Waals surface area contributed by atoms with E-state index in [9.17, 15) is 13.2 Å². The lowest BCUT2D eigenvalue weighted by Crippen LogP contribution is -2.14. The molecule has 4 heteroatoms. The third-order valence-electron chi connectivity index (χ3n) is 5.34. The molecular formula is C22H25F3O. The van der Waals surface area contributed by atoms with E-state index in [-0.39, 0.29) is 24.1 Å². The molecule has 0 atom stereocenters. The van der Waals surface area contributed by atoms with E-state index < -0.39 is 11.6 Å². The summed E-state index contributed by atoms with van der Waals surface area (Å²) in [6, 6.07) is 8.73. The van der Waals surface area contributed by atoms with Crippen molar-refractivity contribution in [2.24, 2.45) is 5.92 Å². The van der Waals surface area contributed by atoms with E-state index in [0.29, 0.717) is 5.56 Å². The van der Waals surface area contributed by atoms with Crippen LogP contribution in [0, 0.1) is 23.4 Å². The van der Waals surface area contributed by atoms with E-state index >= 15 is 0 Å². The van der Waals surface area contributed by atoms with Crippen LogP contribution in [0.3, 0.4) is 0 Å². The van der Waals surface area contributed by atoms with Crippen molar-refractivity contribution in [1.29, 1.82) is 0 Å². The van der Waals surface area contributed by atoms with Crippen LogP contribution in [0.1, 0.15) is 62.5 Å². The molecule has 1 nitrogen and oxygen atoms in total. The molecule has 3 rings (SSSR count). The minimum atomic E-state index is -0.962. The van der Waals surface area contributed by atoms with Gasteiger partial charge in [-0.2, -0.15) is 4.39 Å². The van der Waals surface area contributed by atoms with Gasteiger partial charge in [0.15, 0.2) is 11.6 Å². The lowest BCUT2D eigenvalue weighted by atomic mass is 9.77. The molecule has 0 N–H and O–H groups in total. The number of hydrogen-bond acceptors (Lipinski definition) is 1. The SMILES string of the molecule is CCCC1CCC(c2cc(F)c(F)c(OCc3ccc(F)cc3)c2)CC1. The Kier molecular flexibility index (Phi) is 6.23. The van der Waals surface area contributed by atoms with Crippen LogP contribution in [-0.2, 0) is 6.61 Å². The van der Waals surface area contributed by atoms with Crippen LogP contribution in [0.2, 0.25) is 0 Å². The van der Waals surface area contributed by atoms with E-state index in [0.717, 1.165) is 37.2 Å². The second-order valence-corrected chi connectivity index (χ2v) is 7.24. The maximum absolute atomic E-state index is 14.1. The second-order valence-electron chi connectivity index (χ2n) is 7.24. The van der Waals surface area contributed by atoms with E-state index in [2.05, 4.69) is 6.92 Å². The van der Waals surface area contributed by atoms with Gasteiger partial charge < -0.3 is 4.74 Å². The summed E-state index contributed by atoms with van der Waals surface area (Å²) in [5, 5.41) is 0. The summed E-state index contributed by atoms with van der Waals surface area (Å²) in [5.74, 6) is -1.23. The average Bonchev–Trinajstić information content (AvgIpc) is 2.65. The van der Waals surface area contributed by atoms with Crippen LogP contribution in [0.5, 0.6) is 5.75 Å². The van der Waals surface area contributed by atoms with E-state index in [1.54, 1.807) is 18.2 Å². The Morgan fingerprint density at radius 2 is 1.65 bits per heavy atom. The molecule has 1 fully saturated rings. The van der Waals surface area contributed by atoms with Gasteiger partial charge in [0, 0.05) is 0 Å². The van der Waals surface area contributed by atoms with Crippen LogP contribution < -0.4 is 4.74 Å². The second kappa shape index (κ2) is 8.61. The van der Waals surface area contributed by atoms with Gasteiger partial charge in [-0.05, 0) is 72.9 Å². The van der Waals surface area contributed by atoms with Crippen molar-refractivity contribution in [3.8, 4) is 5.75 Å². The highest BCUT2D eigenvalue weighted by Crippen LogP contribution is 2.39. The van der Waals surface area contributed by atoms with E-state index in [4.69, 9.17) is 4.74 Å². The molecule has 2 aromatic carbocycles. The summed E-state index contributed by atoms with van der Waals surface area (Å²) in [5.41, 5.74) is 1.52. The molecule has 0 aliphatic heterocycles. The van der Waals surface area contributed by atoms with Crippen molar-refractivity contribution in [1.82, 2.24) is 0 Å². The summed E-state index contributed by atoms with van der Waals surface area (Å²) < 4.78 is 46.6. The van der Waals surface area contributed by atoms with Crippen LogP contribution in [0.25, 0.3) is 0 Å². The predicted octanol–water partition coefficient (Wildman–Crippen LogP) is 6.76. The van der Waals surface area contributed by atoms with Gasteiger partial charge in [0.25, 0.3) is 0 Å². The Balaban J connectivity index is 1.69. The van der Waals surface area contributed by atoms with Gasteiger partial charge in [0.1, 0.15) is 12.4 Å². The zero-order chi connectivity index (χ0) is 18.5. The van der Waals surface area contributed by atoms with Crippen LogP contribution in [0.4, 0.5) is 13.2 Å². The first-order chi connectivity index (χ1) is 12.6. The van der Waals surface area contributed by atoms with Gasteiger partial charge in [-0.25, -0.2) is 8.78 Å². The largest absolute Gasteiger partial charge is 0.486 e. The average molecular weight is 362 g/mol. The zero-order valence-corrected chi connectivity index (χ0v) is 15.1. The molecule has 0 heterocycles. The van der Waals surface area contributed by atoms with Gasteiger partial charge in [-0.15, -0.1) is 0 Å². The number of hydrogen-bond donors (Lipinski definition) is 0. The first-order valence-corrected chi connectivity index (χ1v) is 9.43. The highest BCUT2D eigenvalue weighted by Gasteiger charge is 2.24. The Labute approximate surface area is 153 Å². The van der Waals surface area contributed by atoms with E-state index in [1.165, 1.54) is 31.0 Å². The molecule has 1 aliphatic rings. The lowest BCUT2D eigenvalue weighted by Gasteiger charge is -2.29. The van der Waals surface area contributed by atoms with Crippen molar-refractivity contribution >= 4 is 0 Å². The smallest absolute Gasteiger partial charge is 0.200 e. The zero-order valence-electron chi connectivity index (χ0n) is 15.1. The van der Waals surface area contributed by atoms with Crippen molar-refractivity contribution in [2.45, 2.75) is 58.0 Å². The van der Waals surface area contributed by atoms with Gasteiger partial charge in [-0.1, -0.05) is 31.9 Å². The Morgan fingerprint density at radius 1 is 0.962 bits per heavy atom. The minimum Gasteiger partial charge on any atom is -0.486 e. The molecule has 0 bridgehead atoms. The molecule has 0 amide bonds. The first-order valence-electron chi connectivity index (χ1n) is 9.43. The van der Waals surface area contributed by atoms with Crippen LogP contribution >= 0.6 is 0 Å². The molecule has 0 radical (unpaired) electrons. The number of rotatable bonds is 6. The number of ether oxygens (including phenoxy) is 1. The summed E-state index contributed by atoms with van der Waals surface area (Å²) in [4.78, 5) is 0. The summed E-state index contributed by atoms with van der Waals surface area (Å²) >= 11 is 0. The Hall–Kier alpha value is -1.97. The highest BCUT2D eigenvalue weighted by molar-refractivity contribution is 5.34. The normalized spacial score (nSPS) is 20.2. The van der Waals surface area contributed by atoms with E-state index in [1.807, 2.05) is 0 Å². The molecule has 0 aromatic heterocycles. The third kappa shape index (κ3) is 4.60. The first kappa shape index (κ1) is 18.8. The molecule has 0 saturated heterocycles. The molecular weight excluding hydrogens is 337 g/mol. The van der Waals surface area contributed by atoms with Gasteiger partial charge >= 0.3 is 0 Å². The Morgan fingerprint density at radius 3 is 2.31 bits per heavy atom. The monoisotopic (exact) mass is 362 g/mol. The minimum absolute atomic E-state index is 0.0694. The summed E-state index contributed by atoms with van der Waals surface area (Å²) in [7, 11) is 0. The molecule has 26 heavy (non-hydrogen) atoms. The Bertz CT molecular complexity index is 719. The van der Waals surface area contributed by atoms with Crippen molar-refractivity contribution in [2.75, 3.05) is 0 Å². The molecule has 1 aliphatic carbocycles. The fourth-order valence-electron chi connectivity index (χ4n) is 3.86. The molecule has 2 aromatic rings. The standard InChI is InChI=1S/C22H25F3O/c1-2-3-15-4-8-17(9-5-15)18-12-20(24)22(25)21(13-18)26-14-16-6-10-19(23)11-7-16/h6-7,10-13,15,17H,2-5,8-9,14H2,1H3. The highest BCUT2D eigenvalue weighted by atomic mass is 19.2. The van der Waals surface area contributed by atoms with Gasteiger partial charge in [0.05, 0.1) is 0 Å². The van der Waals surface area contributed by atoms with Crippen molar-refractivity contribution in [3.63, 3.8) is 0 Å². The lowest BCUT2D eigenvalue weighted by molar-refractivity contribution is 0.280. The number of halogens is 3. The maximum Gasteiger partial charge on any atom is 0.200 e. The predicted molar refractivity (Wildman–Crippen MR) is 96.7 cm³/mol. The molecule has 0 unspecified atom stereocenters.